The van der Waals surface area contributed by atoms with Crippen LogP contribution in [0.1, 0.15) is 17.3 Å². The van der Waals surface area contributed by atoms with Crippen molar-refractivity contribution in [3.63, 3.8) is 0 Å². The lowest BCUT2D eigenvalue weighted by Crippen LogP contribution is -2.17. The molecule has 0 aliphatic rings. The van der Waals surface area contributed by atoms with Crippen molar-refractivity contribution < 1.29 is 26.0 Å². The smallest absolute Gasteiger partial charge is 0.256 e. The lowest BCUT2D eigenvalue weighted by atomic mass is 10.2. The molecule has 0 unspecified atom stereocenters. The van der Waals surface area contributed by atoms with Gasteiger partial charge in [-0.05, 0) is 30.3 Å². The first kappa shape index (κ1) is 19.9. The Hall–Kier alpha value is -2.46. The van der Waals surface area contributed by atoms with Gasteiger partial charge in [-0.15, -0.1) is 0 Å². The summed E-state index contributed by atoms with van der Waals surface area (Å²) in [6.07, 6.45) is 0.865. The van der Waals surface area contributed by atoms with E-state index in [1.165, 1.54) is 37.3 Å². The van der Waals surface area contributed by atoms with Gasteiger partial charge in [0.25, 0.3) is 5.91 Å². The minimum Gasteiger partial charge on any atom is -0.322 e. The average Bonchev–Trinajstić information content (AvgIpc) is 2.56. The molecule has 0 atom stereocenters. The van der Waals surface area contributed by atoms with Gasteiger partial charge in [0, 0.05) is 5.69 Å². The quantitative estimate of drug-likeness (QED) is 0.773. The van der Waals surface area contributed by atoms with E-state index in [1.54, 1.807) is 0 Å². The summed E-state index contributed by atoms with van der Waals surface area (Å²) in [6.45, 7) is 1.47. The number of nitrogens with one attached hydrogen (secondary N) is 2. The fraction of sp³-hybridized carbons (Fsp3) is 0.188. The van der Waals surface area contributed by atoms with Crippen LogP contribution >= 0.6 is 0 Å². The highest BCUT2D eigenvalue weighted by atomic mass is 32.2. The van der Waals surface area contributed by atoms with Gasteiger partial charge in [-0.3, -0.25) is 9.52 Å². The van der Waals surface area contributed by atoms with Crippen molar-refractivity contribution in [3.05, 3.63) is 53.8 Å². The number of sulfonamides is 1. The number of hydrogen-bond acceptors (Lipinski definition) is 5. The third kappa shape index (κ3) is 4.79. The number of rotatable bonds is 6. The first-order valence-corrected chi connectivity index (χ1v) is 11.0. The van der Waals surface area contributed by atoms with Gasteiger partial charge >= 0.3 is 0 Å². The maximum atomic E-state index is 13.7. The molecule has 0 fully saturated rings. The SMILES string of the molecule is CCS(=O)(=O)c1ccccc1C(=O)Nc1ccc(F)c(NS(C)(=O)=O)c1. The Labute approximate surface area is 151 Å². The fourth-order valence-corrected chi connectivity index (χ4v) is 3.81. The number of anilines is 2. The highest BCUT2D eigenvalue weighted by molar-refractivity contribution is 7.92. The topological polar surface area (TPSA) is 109 Å². The molecule has 0 heterocycles. The standard InChI is InChI=1S/C16H17FN2O5S2/c1-3-26(23,24)15-7-5-4-6-12(15)16(20)18-11-8-9-13(17)14(10-11)19-25(2,21)22/h4-10,19H,3H2,1-2H3,(H,18,20). The van der Waals surface area contributed by atoms with Gasteiger partial charge in [-0.1, -0.05) is 19.1 Å². The normalized spacial score (nSPS) is 11.8. The van der Waals surface area contributed by atoms with Crippen LogP contribution in [0.3, 0.4) is 0 Å². The Balaban J connectivity index is 2.36. The molecule has 0 aromatic heterocycles. The van der Waals surface area contributed by atoms with Crippen LogP contribution in [0.2, 0.25) is 0 Å². The molecular formula is C16H17FN2O5S2. The highest BCUT2D eigenvalue weighted by Crippen LogP contribution is 2.23. The Morgan fingerprint density at radius 2 is 1.73 bits per heavy atom. The molecular weight excluding hydrogens is 383 g/mol. The van der Waals surface area contributed by atoms with Gasteiger partial charge in [-0.2, -0.15) is 0 Å². The van der Waals surface area contributed by atoms with Crippen LogP contribution in [0.5, 0.6) is 0 Å². The summed E-state index contributed by atoms with van der Waals surface area (Å²) in [5.74, 6) is -1.70. The Morgan fingerprint density at radius 3 is 2.35 bits per heavy atom. The molecule has 0 radical (unpaired) electrons. The largest absolute Gasteiger partial charge is 0.322 e. The second-order valence-corrected chi connectivity index (χ2v) is 9.42. The highest BCUT2D eigenvalue weighted by Gasteiger charge is 2.21. The summed E-state index contributed by atoms with van der Waals surface area (Å²) in [5, 5.41) is 2.44. The third-order valence-electron chi connectivity index (χ3n) is 3.37. The minimum absolute atomic E-state index is 0.0590. The molecule has 2 N–H and O–H groups in total. The summed E-state index contributed by atoms with van der Waals surface area (Å²) in [7, 11) is -7.33. The molecule has 2 aromatic rings. The van der Waals surface area contributed by atoms with E-state index in [2.05, 4.69) is 5.32 Å². The number of halogens is 1. The van der Waals surface area contributed by atoms with Crippen LogP contribution in [-0.4, -0.2) is 34.8 Å². The number of sulfone groups is 1. The van der Waals surface area contributed by atoms with Gasteiger partial charge in [0.1, 0.15) is 5.82 Å². The Bertz CT molecular complexity index is 1050. The fourth-order valence-electron chi connectivity index (χ4n) is 2.16. The van der Waals surface area contributed by atoms with Crippen LogP contribution in [0, 0.1) is 5.82 Å². The summed E-state index contributed by atoms with van der Waals surface area (Å²) < 4.78 is 62.5. The minimum atomic E-state index is -3.71. The summed E-state index contributed by atoms with van der Waals surface area (Å²) in [5.41, 5.74) is -0.290. The van der Waals surface area contributed by atoms with Crippen LogP contribution in [0.15, 0.2) is 47.4 Å². The van der Waals surface area contributed by atoms with Crippen molar-refractivity contribution in [2.75, 3.05) is 22.0 Å². The van der Waals surface area contributed by atoms with Crippen molar-refractivity contribution in [1.29, 1.82) is 0 Å². The molecule has 0 spiro atoms. The first-order chi connectivity index (χ1) is 12.0. The lowest BCUT2D eigenvalue weighted by molar-refractivity contribution is 0.102. The molecule has 140 valence electrons. The molecule has 26 heavy (non-hydrogen) atoms. The molecule has 10 heteroatoms. The lowest BCUT2D eigenvalue weighted by Gasteiger charge is -2.12. The van der Waals surface area contributed by atoms with Crippen molar-refractivity contribution in [2.45, 2.75) is 11.8 Å². The molecule has 0 bridgehead atoms. The van der Waals surface area contributed by atoms with Crippen LogP contribution < -0.4 is 10.0 Å². The number of carbonyl (C=O) groups excluding carboxylic acids is 1. The summed E-state index contributed by atoms with van der Waals surface area (Å²) in [6, 6.07) is 9.03. The van der Waals surface area contributed by atoms with E-state index in [1.807, 2.05) is 4.72 Å². The van der Waals surface area contributed by atoms with E-state index >= 15 is 0 Å². The molecule has 2 aromatic carbocycles. The van der Waals surface area contributed by atoms with Crippen molar-refractivity contribution in [3.8, 4) is 0 Å². The van der Waals surface area contributed by atoms with Crippen molar-refractivity contribution >= 4 is 37.1 Å². The molecule has 7 nitrogen and oxygen atoms in total. The predicted molar refractivity (Wildman–Crippen MR) is 97.0 cm³/mol. The van der Waals surface area contributed by atoms with E-state index in [0.717, 1.165) is 18.4 Å². The predicted octanol–water partition coefficient (Wildman–Crippen LogP) is 2.24. The van der Waals surface area contributed by atoms with Gasteiger partial charge < -0.3 is 5.32 Å². The van der Waals surface area contributed by atoms with E-state index in [0.29, 0.717) is 0 Å². The number of hydrogen-bond donors (Lipinski definition) is 2. The second kappa shape index (κ2) is 7.42. The molecule has 0 saturated heterocycles. The van der Waals surface area contributed by atoms with Crippen molar-refractivity contribution in [2.24, 2.45) is 0 Å². The Kier molecular flexibility index (Phi) is 5.67. The van der Waals surface area contributed by atoms with E-state index in [-0.39, 0.29) is 27.6 Å². The first-order valence-electron chi connectivity index (χ1n) is 7.44. The zero-order valence-corrected chi connectivity index (χ0v) is 15.6. The van der Waals surface area contributed by atoms with E-state index in [4.69, 9.17) is 0 Å². The molecule has 0 aliphatic heterocycles. The summed E-state index contributed by atoms with van der Waals surface area (Å²) >= 11 is 0. The van der Waals surface area contributed by atoms with Crippen LogP contribution in [0.25, 0.3) is 0 Å². The zero-order chi connectivity index (χ0) is 19.5. The van der Waals surface area contributed by atoms with Gasteiger partial charge in [0.2, 0.25) is 10.0 Å². The summed E-state index contributed by atoms with van der Waals surface area (Å²) in [4.78, 5) is 12.4. The van der Waals surface area contributed by atoms with Crippen LogP contribution in [0.4, 0.5) is 15.8 Å². The zero-order valence-electron chi connectivity index (χ0n) is 14.0. The molecule has 1 amide bonds. The third-order valence-corrected chi connectivity index (χ3v) is 5.74. The average molecular weight is 400 g/mol. The van der Waals surface area contributed by atoms with Gasteiger partial charge in [0.15, 0.2) is 9.84 Å². The monoisotopic (exact) mass is 400 g/mol. The van der Waals surface area contributed by atoms with Gasteiger partial charge in [-0.25, -0.2) is 21.2 Å². The van der Waals surface area contributed by atoms with Crippen LogP contribution in [-0.2, 0) is 19.9 Å². The molecule has 0 aliphatic carbocycles. The van der Waals surface area contributed by atoms with E-state index < -0.39 is 31.6 Å². The maximum absolute atomic E-state index is 13.7. The Morgan fingerprint density at radius 1 is 1.08 bits per heavy atom. The number of benzene rings is 2. The van der Waals surface area contributed by atoms with Crippen molar-refractivity contribution in [1.82, 2.24) is 0 Å². The van der Waals surface area contributed by atoms with E-state index in [9.17, 15) is 26.0 Å². The molecule has 0 saturated carbocycles. The molecule has 2 rings (SSSR count). The van der Waals surface area contributed by atoms with Gasteiger partial charge in [0.05, 0.1) is 28.2 Å². The second-order valence-electron chi connectivity index (χ2n) is 5.42. The number of carbonyl (C=O) groups is 1. The number of amides is 1. The maximum Gasteiger partial charge on any atom is 0.256 e.